The number of methoxy groups -OCH3 is 2. The zero-order valence-corrected chi connectivity index (χ0v) is 30.7. The summed E-state index contributed by atoms with van der Waals surface area (Å²) in [5.74, 6) is -0.859. The number of amides is 2. The summed E-state index contributed by atoms with van der Waals surface area (Å²) in [6, 6.07) is 13.8. The van der Waals surface area contributed by atoms with E-state index in [1.165, 1.54) is 67.8 Å². The monoisotopic (exact) mass is 732 g/mol. The van der Waals surface area contributed by atoms with Crippen LogP contribution in [0.1, 0.15) is 49.8 Å². The van der Waals surface area contributed by atoms with Gasteiger partial charge in [-0.3, -0.25) is 9.69 Å². The van der Waals surface area contributed by atoms with Crippen LogP contribution in [0.5, 0.6) is 17.4 Å². The van der Waals surface area contributed by atoms with E-state index in [2.05, 4.69) is 27.8 Å². The van der Waals surface area contributed by atoms with Gasteiger partial charge in [-0.15, -0.1) is 0 Å². The predicted molar refractivity (Wildman–Crippen MR) is 191 cm³/mol. The lowest BCUT2D eigenvalue weighted by Gasteiger charge is -2.43. The highest BCUT2D eigenvalue weighted by molar-refractivity contribution is 7.93. The lowest BCUT2D eigenvalue weighted by atomic mass is 9.87. The molecule has 3 aliphatic heterocycles. The van der Waals surface area contributed by atoms with E-state index >= 15 is 4.79 Å². The van der Waals surface area contributed by atoms with Crippen LogP contribution < -0.4 is 18.5 Å². The standard InChI is InChI=1S/C37H44N6O8S/c1-5-16-40-17-13-27(14-18-40)41-19-21-42(22-20-41)36(45)51-37(29-8-7-15-39-34(29)50-6-2)30-23-26(25-38)9-11-31(30)43(35(37)44)52(46,47)33-12-10-28(48-3)24-32(33)49-4/h7-12,15,23-24,27H,5-6,13-14,16-22H2,1-4H3. The summed E-state index contributed by atoms with van der Waals surface area (Å²) >= 11 is 0. The minimum Gasteiger partial charge on any atom is -0.497 e. The quantitative estimate of drug-likeness (QED) is 0.280. The van der Waals surface area contributed by atoms with E-state index in [1.54, 1.807) is 13.0 Å². The molecule has 3 aliphatic rings. The van der Waals surface area contributed by atoms with Gasteiger partial charge in [0.15, 0.2) is 0 Å². The number of aromatic nitrogens is 1. The maximum Gasteiger partial charge on any atom is 0.411 e. The number of anilines is 1. The second-order valence-corrected chi connectivity index (χ2v) is 14.6. The fraction of sp³-hybridized carbons (Fsp3) is 0.459. The van der Waals surface area contributed by atoms with Gasteiger partial charge < -0.3 is 28.7 Å². The second kappa shape index (κ2) is 15.4. The van der Waals surface area contributed by atoms with Crippen LogP contribution in [0, 0.1) is 11.3 Å². The van der Waals surface area contributed by atoms with Gasteiger partial charge in [0, 0.05) is 50.0 Å². The molecular weight excluding hydrogens is 689 g/mol. The van der Waals surface area contributed by atoms with Gasteiger partial charge in [0.1, 0.15) is 16.4 Å². The Morgan fingerprint density at radius 1 is 0.981 bits per heavy atom. The van der Waals surface area contributed by atoms with Crippen LogP contribution in [0.3, 0.4) is 0 Å². The van der Waals surface area contributed by atoms with E-state index in [4.69, 9.17) is 18.9 Å². The van der Waals surface area contributed by atoms with E-state index in [9.17, 15) is 18.5 Å². The molecule has 3 aromatic rings. The predicted octanol–water partition coefficient (Wildman–Crippen LogP) is 3.98. The van der Waals surface area contributed by atoms with Crippen molar-refractivity contribution in [3.05, 3.63) is 71.4 Å². The Morgan fingerprint density at radius 3 is 2.38 bits per heavy atom. The molecule has 2 aromatic carbocycles. The van der Waals surface area contributed by atoms with E-state index in [0.717, 1.165) is 38.9 Å². The summed E-state index contributed by atoms with van der Waals surface area (Å²) in [6.45, 7) is 9.20. The SMILES string of the molecule is CCCN1CCC(N2CCN(C(=O)OC3(c4cccnc4OCC)C(=O)N(S(=O)(=O)c4ccc(OC)cc4OC)c4ccc(C#N)cc43)CC2)CC1. The van der Waals surface area contributed by atoms with Gasteiger partial charge in [0.25, 0.3) is 21.5 Å². The van der Waals surface area contributed by atoms with Crippen molar-refractivity contribution in [1.82, 2.24) is 19.7 Å². The summed E-state index contributed by atoms with van der Waals surface area (Å²) in [6.07, 6.45) is 3.89. The number of ether oxygens (including phenoxy) is 4. The molecule has 0 aliphatic carbocycles. The molecule has 0 N–H and O–H groups in total. The third kappa shape index (κ3) is 6.62. The van der Waals surface area contributed by atoms with Crippen LogP contribution in [-0.2, 0) is 25.2 Å². The third-order valence-corrected chi connectivity index (χ3v) is 11.7. The molecule has 276 valence electrons. The van der Waals surface area contributed by atoms with Crippen molar-refractivity contribution in [3.63, 3.8) is 0 Å². The highest BCUT2D eigenvalue weighted by Gasteiger charge is 2.61. The van der Waals surface area contributed by atoms with Gasteiger partial charge in [0.2, 0.25) is 5.88 Å². The molecule has 6 rings (SSSR count). The molecule has 2 saturated heterocycles. The molecule has 0 spiro atoms. The van der Waals surface area contributed by atoms with Crippen molar-refractivity contribution >= 4 is 27.7 Å². The maximum atomic E-state index is 15.1. The first-order valence-electron chi connectivity index (χ1n) is 17.5. The van der Waals surface area contributed by atoms with Crippen LogP contribution in [0.25, 0.3) is 0 Å². The van der Waals surface area contributed by atoms with Crippen molar-refractivity contribution in [2.24, 2.45) is 0 Å². The zero-order valence-electron chi connectivity index (χ0n) is 29.9. The van der Waals surface area contributed by atoms with E-state index in [-0.39, 0.29) is 45.5 Å². The van der Waals surface area contributed by atoms with Gasteiger partial charge in [-0.2, -0.15) is 9.57 Å². The molecule has 0 saturated carbocycles. The molecule has 1 unspecified atom stereocenters. The van der Waals surface area contributed by atoms with Crippen LogP contribution >= 0.6 is 0 Å². The molecule has 1 aromatic heterocycles. The topological polar surface area (TPSA) is 155 Å². The molecular formula is C37H44N6O8S. The second-order valence-electron chi connectivity index (χ2n) is 12.9. The van der Waals surface area contributed by atoms with Gasteiger partial charge in [0.05, 0.1) is 43.7 Å². The Bertz CT molecular complexity index is 1950. The lowest BCUT2D eigenvalue weighted by molar-refractivity contribution is -0.132. The number of hydrogen-bond acceptors (Lipinski definition) is 12. The smallest absolute Gasteiger partial charge is 0.411 e. The van der Waals surface area contributed by atoms with Crippen molar-refractivity contribution in [2.75, 3.05) is 70.9 Å². The molecule has 1 atom stereocenters. The number of piperidine rings is 1. The largest absolute Gasteiger partial charge is 0.497 e. The number of hydrogen-bond donors (Lipinski definition) is 0. The van der Waals surface area contributed by atoms with Gasteiger partial charge in [-0.05, 0) is 88.3 Å². The number of nitriles is 1. The molecule has 2 fully saturated rings. The summed E-state index contributed by atoms with van der Waals surface area (Å²) in [5.41, 5.74) is -2.38. The minimum atomic E-state index is -4.74. The third-order valence-electron chi connectivity index (χ3n) is 9.96. The molecule has 52 heavy (non-hydrogen) atoms. The number of carbonyl (C=O) groups is 2. The van der Waals surface area contributed by atoms with Crippen molar-refractivity contribution in [2.45, 2.75) is 49.6 Å². The Hall–Kier alpha value is -4.91. The maximum absolute atomic E-state index is 15.1. The van der Waals surface area contributed by atoms with Crippen molar-refractivity contribution in [1.29, 1.82) is 5.26 Å². The lowest BCUT2D eigenvalue weighted by Crippen LogP contribution is -2.56. The van der Waals surface area contributed by atoms with Gasteiger partial charge in [-0.1, -0.05) is 6.92 Å². The van der Waals surface area contributed by atoms with Crippen molar-refractivity contribution < 1.29 is 37.0 Å². The van der Waals surface area contributed by atoms with Crippen LogP contribution in [0.2, 0.25) is 0 Å². The normalized spacial score (nSPS) is 19.9. The van der Waals surface area contributed by atoms with Crippen molar-refractivity contribution in [3.8, 4) is 23.4 Å². The number of rotatable bonds is 11. The Morgan fingerprint density at radius 2 is 1.73 bits per heavy atom. The first-order chi connectivity index (χ1) is 25.1. The molecule has 4 heterocycles. The number of nitrogens with zero attached hydrogens (tertiary/aromatic N) is 6. The van der Waals surface area contributed by atoms with E-state index in [1.807, 2.05) is 0 Å². The number of fused-ring (bicyclic) bond motifs is 1. The summed E-state index contributed by atoms with van der Waals surface area (Å²) in [4.78, 5) is 39.9. The number of carbonyl (C=O) groups excluding carboxylic acids is 2. The fourth-order valence-electron chi connectivity index (χ4n) is 7.37. The van der Waals surface area contributed by atoms with E-state index < -0.39 is 27.6 Å². The molecule has 14 nitrogen and oxygen atoms in total. The molecule has 15 heteroatoms. The summed E-state index contributed by atoms with van der Waals surface area (Å²) < 4.78 is 52.7. The van der Waals surface area contributed by atoms with E-state index in [0.29, 0.717) is 42.3 Å². The van der Waals surface area contributed by atoms with Gasteiger partial charge >= 0.3 is 6.09 Å². The zero-order chi connectivity index (χ0) is 37.0. The molecule has 0 bridgehead atoms. The number of pyridine rings is 1. The Balaban J connectivity index is 1.40. The average Bonchev–Trinajstić information content (AvgIpc) is 3.42. The minimum absolute atomic E-state index is 0.0170. The number of piperazine rings is 1. The van der Waals surface area contributed by atoms with Crippen LogP contribution in [0.4, 0.5) is 10.5 Å². The number of likely N-dealkylation sites (tertiary alicyclic amines) is 1. The summed E-state index contributed by atoms with van der Waals surface area (Å²) in [7, 11) is -2.00. The number of benzene rings is 2. The van der Waals surface area contributed by atoms with Gasteiger partial charge in [-0.25, -0.2) is 18.2 Å². The van der Waals surface area contributed by atoms with Crippen LogP contribution in [0.15, 0.2) is 59.6 Å². The molecule has 0 radical (unpaired) electrons. The summed E-state index contributed by atoms with van der Waals surface area (Å²) in [5, 5.41) is 9.94. The fourth-order valence-corrected chi connectivity index (χ4v) is 8.97. The number of sulfonamides is 1. The van der Waals surface area contributed by atoms with Crippen LogP contribution in [-0.4, -0.2) is 113 Å². The highest BCUT2D eigenvalue weighted by Crippen LogP contribution is 2.52. The Labute approximate surface area is 304 Å². The Kier molecular flexibility index (Phi) is 10.9. The highest BCUT2D eigenvalue weighted by atomic mass is 32.2. The first kappa shape index (κ1) is 36.9. The first-order valence-corrected chi connectivity index (χ1v) is 19.0. The average molecular weight is 733 g/mol. The molecule has 2 amide bonds.